The van der Waals surface area contributed by atoms with Crippen molar-refractivity contribution < 1.29 is 13.2 Å². The molecule has 94 valence electrons. The highest BCUT2D eigenvalue weighted by molar-refractivity contribution is 7.89. The summed E-state index contributed by atoms with van der Waals surface area (Å²) in [6, 6.07) is 6.05. The minimum atomic E-state index is -3.52. The van der Waals surface area contributed by atoms with Gasteiger partial charge in [0.1, 0.15) is 6.23 Å². The summed E-state index contributed by atoms with van der Waals surface area (Å²) in [5.41, 5.74) is 0. The average Bonchev–Trinajstić information content (AvgIpc) is 2.63. The van der Waals surface area contributed by atoms with Crippen LogP contribution in [0.4, 0.5) is 0 Å². The first-order chi connectivity index (χ1) is 7.97. The van der Waals surface area contributed by atoms with Gasteiger partial charge in [-0.25, -0.2) is 8.42 Å². The van der Waals surface area contributed by atoms with E-state index in [4.69, 9.17) is 16.3 Å². The van der Waals surface area contributed by atoms with E-state index in [9.17, 15) is 8.42 Å². The number of hydrogen-bond acceptors (Lipinski definition) is 3. The van der Waals surface area contributed by atoms with E-state index >= 15 is 0 Å². The van der Waals surface area contributed by atoms with Crippen LogP contribution in [0.25, 0.3) is 0 Å². The minimum absolute atomic E-state index is 0.105. The van der Waals surface area contributed by atoms with Crippen molar-refractivity contribution in [1.82, 2.24) is 4.72 Å². The SMILES string of the molecule is CC1CCC(NS(=O)(=O)c2ccc(Cl)cc2)O1. The fourth-order valence-corrected chi connectivity index (χ4v) is 3.02. The van der Waals surface area contributed by atoms with E-state index in [0.29, 0.717) is 11.4 Å². The van der Waals surface area contributed by atoms with Crippen LogP contribution in [-0.2, 0) is 14.8 Å². The van der Waals surface area contributed by atoms with E-state index in [1.54, 1.807) is 12.1 Å². The Hall–Kier alpha value is -0.620. The highest BCUT2D eigenvalue weighted by Crippen LogP contribution is 2.20. The molecule has 2 atom stereocenters. The van der Waals surface area contributed by atoms with Crippen molar-refractivity contribution in [2.24, 2.45) is 0 Å². The summed E-state index contributed by atoms with van der Waals surface area (Å²) in [4.78, 5) is 0.199. The van der Waals surface area contributed by atoms with Crippen molar-refractivity contribution in [3.63, 3.8) is 0 Å². The molecule has 17 heavy (non-hydrogen) atoms. The predicted molar refractivity (Wildman–Crippen MR) is 65.3 cm³/mol. The van der Waals surface area contributed by atoms with Crippen LogP contribution in [0.1, 0.15) is 19.8 Å². The molecule has 0 radical (unpaired) electrons. The zero-order valence-electron chi connectivity index (χ0n) is 9.39. The van der Waals surface area contributed by atoms with Crippen LogP contribution < -0.4 is 4.72 Å². The smallest absolute Gasteiger partial charge is 0.242 e. The Bertz CT molecular complexity index is 486. The molecule has 0 saturated carbocycles. The lowest BCUT2D eigenvalue weighted by Gasteiger charge is -2.13. The summed E-state index contributed by atoms with van der Waals surface area (Å²) in [7, 11) is -3.52. The first-order valence-electron chi connectivity index (χ1n) is 5.41. The third kappa shape index (κ3) is 3.19. The van der Waals surface area contributed by atoms with Crippen molar-refractivity contribution in [2.45, 2.75) is 37.0 Å². The van der Waals surface area contributed by atoms with Crippen molar-refractivity contribution in [1.29, 1.82) is 0 Å². The van der Waals surface area contributed by atoms with Gasteiger partial charge in [0, 0.05) is 5.02 Å². The molecule has 2 unspecified atom stereocenters. The molecule has 1 aromatic rings. The second-order valence-corrected chi connectivity index (χ2v) is 6.24. The van der Waals surface area contributed by atoms with E-state index in [1.165, 1.54) is 12.1 Å². The lowest BCUT2D eigenvalue weighted by molar-refractivity contribution is 0.0497. The number of halogens is 1. The van der Waals surface area contributed by atoms with Crippen LogP contribution in [0, 0.1) is 0 Å². The third-order valence-corrected chi connectivity index (χ3v) is 4.36. The lowest BCUT2D eigenvalue weighted by Crippen LogP contribution is -2.34. The molecule has 0 spiro atoms. The first-order valence-corrected chi connectivity index (χ1v) is 7.27. The summed E-state index contributed by atoms with van der Waals surface area (Å²) >= 11 is 5.71. The van der Waals surface area contributed by atoms with Crippen LogP contribution in [0.3, 0.4) is 0 Å². The van der Waals surface area contributed by atoms with Crippen molar-refractivity contribution in [2.75, 3.05) is 0 Å². The summed E-state index contributed by atoms with van der Waals surface area (Å²) in [5.74, 6) is 0. The van der Waals surface area contributed by atoms with Crippen LogP contribution in [0.15, 0.2) is 29.2 Å². The molecule has 0 aromatic heterocycles. The maximum atomic E-state index is 12.0. The van der Waals surface area contributed by atoms with Gasteiger partial charge in [-0.1, -0.05) is 11.6 Å². The Morgan fingerprint density at radius 2 is 1.94 bits per heavy atom. The summed E-state index contributed by atoms with van der Waals surface area (Å²) in [6.45, 7) is 1.93. The van der Waals surface area contributed by atoms with Crippen LogP contribution >= 0.6 is 11.6 Å². The van der Waals surface area contributed by atoms with E-state index in [0.717, 1.165) is 6.42 Å². The van der Waals surface area contributed by atoms with Gasteiger partial charge in [-0.2, -0.15) is 4.72 Å². The molecule has 0 bridgehead atoms. The first kappa shape index (κ1) is 12.8. The predicted octanol–water partition coefficient (Wildman–Crippen LogP) is 2.14. The number of rotatable bonds is 3. The number of nitrogens with one attached hydrogen (secondary N) is 1. The third-order valence-electron chi connectivity index (χ3n) is 2.64. The van der Waals surface area contributed by atoms with E-state index in [2.05, 4.69) is 4.72 Å². The van der Waals surface area contributed by atoms with E-state index < -0.39 is 16.3 Å². The Morgan fingerprint density at radius 1 is 1.29 bits per heavy atom. The van der Waals surface area contributed by atoms with Crippen LogP contribution in [0.5, 0.6) is 0 Å². The van der Waals surface area contributed by atoms with Gasteiger partial charge in [0.05, 0.1) is 11.0 Å². The van der Waals surface area contributed by atoms with E-state index in [1.807, 2.05) is 6.92 Å². The molecule has 2 rings (SSSR count). The molecule has 1 aliphatic heterocycles. The van der Waals surface area contributed by atoms with Gasteiger partial charge in [0.2, 0.25) is 10.0 Å². The summed E-state index contributed by atoms with van der Waals surface area (Å²) in [6.07, 6.45) is 1.25. The molecule has 1 heterocycles. The molecular weight excluding hydrogens is 262 g/mol. The van der Waals surface area contributed by atoms with Gasteiger partial charge in [-0.15, -0.1) is 0 Å². The molecular formula is C11H14ClNO3S. The molecule has 1 N–H and O–H groups in total. The minimum Gasteiger partial charge on any atom is -0.359 e. The van der Waals surface area contributed by atoms with Gasteiger partial charge in [-0.3, -0.25) is 0 Å². The van der Waals surface area contributed by atoms with Gasteiger partial charge in [0.15, 0.2) is 0 Å². The summed E-state index contributed by atoms with van der Waals surface area (Å²) in [5, 5.41) is 0.509. The molecule has 1 aromatic carbocycles. The Balaban J connectivity index is 2.11. The van der Waals surface area contributed by atoms with E-state index in [-0.39, 0.29) is 11.0 Å². The Labute approximate surface area is 106 Å². The number of sulfonamides is 1. The molecule has 1 aliphatic rings. The maximum absolute atomic E-state index is 12.0. The monoisotopic (exact) mass is 275 g/mol. The zero-order chi connectivity index (χ0) is 12.5. The van der Waals surface area contributed by atoms with Gasteiger partial charge < -0.3 is 4.74 Å². The number of benzene rings is 1. The fourth-order valence-electron chi connectivity index (χ4n) is 1.74. The maximum Gasteiger partial charge on any atom is 0.242 e. The molecule has 4 nitrogen and oxygen atoms in total. The quantitative estimate of drug-likeness (QED) is 0.920. The standard InChI is InChI=1S/C11H14ClNO3S/c1-8-2-7-11(16-8)13-17(14,15)10-5-3-9(12)4-6-10/h3-6,8,11,13H,2,7H2,1H3. The van der Waals surface area contributed by atoms with Crippen molar-refractivity contribution in [3.05, 3.63) is 29.3 Å². The highest BCUT2D eigenvalue weighted by atomic mass is 35.5. The molecule has 0 amide bonds. The normalized spacial score (nSPS) is 25.1. The average molecular weight is 276 g/mol. The Morgan fingerprint density at radius 3 is 2.47 bits per heavy atom. The Kier molecular flexibility index (Phi) is 3.73. The van der Waals surface area contributed by atoms with Gasteiger partial charge in [-0.05, 0) is 44.0 Å². The van der Waals surface area contributed by atoms with Crippen molar-refractivity contribution >= 4 is 21.6 Å². The molecule has 6 heteroatoms. The molecule has 1 saturated heterocycles. The van der Waals surface area contributed by atoms with Gasteiger partial charge in [0.25, 0.3) is 0 Å². The molecule has 0 aliphatic carbocycles. The second-order valence-electron chi connectivity index (χ2n) is 4.09. The van der Waals surface area contributed by atoms with Crippen molar-refractivity contribution in [3.8, 4) is 0 Å². The topological polar surface area (TPSA) is 55.4 Å². The molecule has 1 fully saturated rings. The highest BCUT2D eigenvalue weighted by Gasteiger charge is 2.26. The van der Waals surface area contributed by atoms with Crippen LogP contribution in [0.2, 0.25) is 5.02 Å². The fraction of sp³-hybridized carbons (Fsp3) is 0.455. The number of ether oxygens (including phenoxy) is 1. The lowest BCUT2D eigenvalue weighted by atomic mass is 10.2. The zero-order valence-corrected chi connectivity index (χ0v) is 11.0. The number of hydrogen-bond donors (Lipinski definition) is 1. The summed E-state index contributed by atoms with van der Waals surface area (Å²) < 4.78 is 31.9. The van der Waals surface area contributed by atoms with Gasteiger partial charge >= 0.3 is 0 Å². The second kappa shape index (κ2) is 4.94. The largest absolute Gasteiger partial charge is 0.359 e. The van der Waals surface area contributed by atoms with Crippen LogP contribution in [-0.4, -0.2) is 20.7 Å².